The first-order valence-corrected chi connectivity index (χ1v) is 18.3. The summed E-state index contributed by atoms with van der Waals surface area (Å²) in [5, 5.41) is 8.59. The maximum Gasteiger partial charge on any atom is 0.119 e. The van der Waals surface area contributed by atoms with Crippen LogP contribution in [0, 0.1) is 0 Å². The van der Waals surface area contributed by atoms with Crippen molar-refractivity contribution in [2.45, 2.75) is 0 Å². The van der Waals surface area contributed by atoms with Crippen LogP contribution in [0.25, 0.3) is 0 Å². The largest absolute Gasteiger partial charge is 0.491 e. The molecule has 1 aromatic rings. The van der Waals surface area contributed by atoms with E-state index in [0.29, 0.717) is 192 Å². The van der Waals surface area contributed by atoms with Crippen LogP contribution in [0.2, 0.25) is 0 Å². The Kier molecular flexibility index (Phi) is 40.8. The first kappa shape index (κ1) is 48.4. The highest BCUT2D eigenvalue weighted by Gasteiger charge is 1.98. The van der Waals surface area contributed by atoms with Gasteiger partial charge in [-0.2, -0.15) is 0 Å². The lowest BCUT2D eigenvalue weighted by molar-refractivity contribution is -0.0298. The predicted molar refractivity (Wildman–Crippen MR) is 190 cm³/mol. The first-order chi connectivity index (χ1) is 25.9. The van der Waals surface area contributed by atoms with Crippen LogP contribution in [-0.4, -0.2) is 203 Å². The molecule has 16 nitrogen and oxygen atoms in total. The number of aliphatic hydroxyl groups is 1. The standard InChI is InChI=1S/C36H66O16/c37-6-7-38-8-9-39-10-11-40-12-13-41-14-15-42-16-17-43-18-19-44-20-21-45-22-23-46-24-25-47-26-27-48-28-29-49-30-31-50-32-33-51-34-35-52-36-4-2-1-3-5-36/h1-5,37H,6-35H2. The average Bonchev–Trinajstić information content (AvgIpc) is 3.17. The van der Waals surface area contributed by atoms with Crippen molar-refractivity contribution in [2.24, 2.45) is 0 Å². The van der Waals surface area contributed by atoms with Crippen molar-refractivity contribution in [1.29, 1.82) is 0 Å². The molecule has 0 spiro atoms. The second-order valence-corrected chi connectivity index (χ2v) is 10.5. The molecule has 1 N–H and O–H groups in total. The van der Waals surface area contributed by atoms with Crippen molar-refractivity contribution in [3.63, 3.8) is 0 Å². The summed E-state index contributed by atoms with van der Waals surface area (Å²) in [4.78, 5) is 0. The van der Waals surface area contributed by atoms with Crippen LogP contribution in [-0.2, 0) is 66.3 Å². The van der Waals surface area contributed by atoms with Crippen LogP contribution < -0.4 is 4.74 Å². The zero-order chi connectivity index (χ0) is 36.9. The first-order valence-electron chi connectivity index (χ1n) is 18.3. The van der Waals surface area contributed by atoms with Crippen LogP contribution in [0.15, 0.2) is 30.3 Å². The molecule has 0 aliphatic carbocycles. The Hall–Kier alpha value is -1.58. The van der Waals surface area contributed by atoms with Gasteiger partial charge in [-0.25, -0.2) is 0 Å². The zero-order valence-electron chi connectivity index (χ0n) is 31.2. The van der Waals surface area contributed by atoms with E-state index in [-0.39, 0.29) is 6.61 Å². The fraction of sp³-hybridized carbons (Fsp3) is 0.833. The van der Waals surface area contributed by atoms with E-state index in [4.69, 9.17) is 76.2 Å². The molecule has 0 bridgehead atoms. The third kappa shape index (κ3) is 39.6. The van der Waals surface area contributed by atoms with Crippen molar-refractivity contribution >= 4 is 0 Å². The molecule has 0 saturated heterocycles. The summed E-state index contributed by atoms with van der Waals surface area (Å²) in [6.07, 6.45) is 0. The van der Waals surface area contributed by atoms with E-state index in [1.54, 1.807) is 0 Å². The van der Waals surface area contributed by atoms with Crippen molar-refractivity contribution in [3.8, 4) is 5.75 Å². The van der Waals surface area contributed by atoms with Crippen molar-refractivity contribution in [3.05, 3.63) is 30.3 Å². The van der Waals surface area contributed by atoms with Gasteiger partial charge in [-0.15, -0.1) is 0 Å². The predicted octanol–water partition coefficient (Wildman–Crippen LogP) is 1.29. The molecule has 1 aromatic carbocycles. The van der Waals surface area contributed by atoms with Gasteiger partial charge in [0.05, 0.1) is 192 Å². The average molecular weight is 755 g/mol. The highest BCUT2D eigenvalue weighted by Crippen LogP contribution is 2.07. The van der Waals surface area contributed by atoms with Gasteiger partial charge in [0, 0.05) is 0 Å². The third-order valence-electron chi connectivity index (χ3n) is 6.31. The Morgan fingerprint density at radius 1 is 0.250 bits per heavy atom. The lowest BCUT2D eigenvalue weighted by Gasteiger charge is -2.09. The molecule has 0 atom stereocenters. The molecule has 0 aliphatic rings. The van der Waals surface area contributed by atoms with Crippen LogP contribution in [0.4, 0.5) is 0 Å². The highest BCUT2D eigenvalue weighted by molar-refractivity contribution is 5.20. The second-order valence-electron chi connectivity index (χ2n) is 10.5. The van der Waals surface area contributed by atoms with E-state index in [1.165, 1.54) is 0 Å². The number of para-hydroxylation sites is 1. The lowest BCUT2D eigenvalue weighted by atomic mass is 10.3. The minimum atomic E-state index is 0.0226. The second kappa shape index (κ2) is 43.8. The molecule has 0 aliphatic heterocycles. The minimum Gasteiger partial charge on any atom is -0.491 e. The van der Waals surface area contributed by atoms with Gasteiger partial charge < -0.3 is 76.2 Å². The molecule has 1 rings (SSSR count). The van der Waals surface area contributed by atoms with Crippen LogP contribution in [0.1, 0.15) is 0 Å². The SMILES string of the molecule is OCCOCCOCCOCCOCCOCCOCCOCCOCCOCCOCCOCCOCCOCCOCCOc1ccccc1. The molecule has 52 heavy (non-hydrogen) atoms. The van der Waals surface area contributed by atoms with Gasteiger partial charge >= 0.3 is 0 Å². The summed E-state index contributed by atoms with van der Waals surface area (Å²) in [7, 11) is 0. The Labute approximate surface area is 310 Å². The van der Waals surface area contributed by atoms with Gasteiger partial charge in [0.15, 0.2) is 0 Å². The third-order valence-corrected chi connectivity index (χ3v) is 6.31. The van der Waals surface area contributed by atoms with Gasteiger partial charge in [-0.3, -0.25) is 0 Å². The Morgan fingerprint density at radius 3 is 0.654 bits per heavy atom. The van der Waals surface area contributed by atoms with Crippen LogP contribution >= 0.6 is 0 Å². The number of hydrogen-bond acceptors (Lipinski definition) is 16. The van der Waals surface area contributed by atoms with Crippen molar-refractivity contribution in [1.82, 2.24) is 0 Å². The van der Waals surface area contributed by atoms with E-state index in [9.17, 15) is 0 Å². The number of rotatable bonds is 45. The monoisotopic (exact) mass is 754 g/mol. The highest BCUT2D eigenvalue weighted by atomic mass is 16.6. The summed E-state index contributed by atoms with van der Waals surface area (Å²) in [5.41, 5.74) is 0. The number of aliphatic hydroxyl groups excluding tert-OH is 1. The molecule has 0 amide bonds. The molecule has 0 radical (unpaired) electrons. The summed E-state index contributed by atoms with van der Waals surface area (Å²) >= 11 is 0. The molecule has 0 heterocycles. The number of benzene rings is 1. The fourth-order valence-corrected chi connectivity index (χ4v) is 3.76. The molecular weight excluding hydrogens is 688 g/mol. The summed E-state index contributed by atoms with van der Waals surface area (Å²) < 4.78 is 81.6. The molecule has 16 heteroatoms. The van der Waals surface area contributed by atoms with E-state index < -0.39 is 0 Å². The Bertz CT molecular complexity index is 782. The maximum atomic E-state index is 8.59. The van der Waals surface area contributed by atoms with Crippen molar-refractivity contribution in [2.75, 3.05) is 198 Å². The summed E-state index contributed by atoms with van der Waals surface area (Å²) in [6, 6.07) is 9.66. The molecular formula is C36H66O16. The van der Waals surface area contributed by atoms with E-state index >= 15 is 0 Å². The number of ether oxygens (including phenoxy) is 15. The fourth-order valence-electron chi connectivity index (χ4n) is 3.76. The van der Waals surface area contributed by atoms with Crippen LogP contribution in [0.5, 0.6) is 5.75 Å². The smallest absolute Gasteiger partial charge is 0.119 e. The number of hydrogen-bond donors (Lipinski definition) is 1. The van der Waals surface area contributed by atoms with E-state index in [2.05, 4.69) is 0 Å². The molecule has 306 valence electrons. The van der Waals surface area contributed by atoms with Crippen molar-refractivity contribution < 1.29 is 76.2 Å². The topological polar surface area (TPSA) is 159 Å². The quantitative estimate of drug-likeness (QED) is 0.0949. The molecule has 0 unspecified atom stereocenters. The summed E-state index contributed by atoms with van der Waals surface area (Å²) in [6.45, 7) is 14.4. The molecule has 0 saturated carbocycles. The molecule has 0 fully saturated rings. The van der Waals surface area contributed by atoms with Gasteiger partial charge in [0.1, 0.15) is 12.4 Å². The van der Waals surface area contributed by atoms with E-state index in [1.807, 2.05) is 30.3 Å². The molecule has 0 aromatic heterocycles. The summed E-state index contributed by atoms with van der Waals surface area (Å²) in [5.74, 6) is 0.841. The Balaban J connectivity index is 1.60. The zero-order valence-corrected chi connectivity index (χ0v) is 31.2. The maximum absolute atomic E-state index is 8.59. The van der Waals surface area contributed by atoms with Gasteiger partial charge in [0.2, 0.25) is 0 Å². The minimum absolute atomic E-state index is 0.0226. The van der Waals surface area contributed by atoms with E-state index in [0.717, 1.165) is 5.75 Å². The normalized spacial score (nSPS) is 11.5. The Morgan fingerprint density at radius 2 is 0.442 bits per heavy atom. The lowest BCUT2D eigenvalue weighted by Crippen LogP contribution is -2.16. The van der Waals surface area contributed by atoms with Gasteiger partial charge in [-0.05, 0) is 12.1 Å². The van der Waals surface area contributed by atoms with Crippen LogP contribution in [0.3, 0.4) is 0 Å². The van der Waals surface area contributed by atoms with Gasteiger partial charge in [0.25, 0.3) is 0 Å². The van der Waals surface area contributed by atoms with Gasteiger partial charge in [-0.1, -0.05) is 18.2 Å².